The minimum Gasteiger partial charge on any atom is -0.375 e. The molecule has 1 N–H and O–H groups in total. The zero-order valence-electron chi connectivity index (χ0n) is 7.55. The van der Waals surface area contributed by atoms with E-state index in [-0.39, 0.29) is 0 Å². The van der Waals surface area contributed by atoms with Crippen molar-refractivity contribution in [3.63, 3.8) is 0 Å². The van der Waals surface area contributed by atoms with E-state index in [0.717, 1.165) is 0 Å². The van der Waals surface area contributed by atoms with Crippen LogP contribution in [0.15, 0.2) is 12.4 Å². The minimum absolute atomic E-state index is 1.22. The number of nitrogens with zero attached hydrogens (tertiary/aromatic N) is 2. The van der Waals surface area contributed by atoms with E-state index >= 15 is 0 Å². The number of nitrogens with one attached hydrogen (secondary N) is 1. The Morgan fingerprint density at radius 3 is 1.55 bits per heavy atom. The van der Waals surface area contributed by atoms with Gasteiger partial charge >= 0.3 is 0 Å². The molecule has 0 radical (unpaired) electrons. The normalized spacial score (nSPS) is 9.82. The molecule has 1 rings (SSSR count). The summed E-state index contributed by atoms with van der Waals surface area (Å²) in [5.74, 6) is 0. The quantitative estimate of drug-likeness (QED) is 0.688. The van der Waals surface area contributed by atoms with Crippen LogP contribution in [-0.2, 0) is 0 Å². The van der Waals surface area contributed by atoms with Gasteiger partial charge in [-0.3, -0.25) is 0 Å². The maximum Gasteiger partial charge on any atom is 0.0776 e. The molecule has 0 bridgehead atoms. The van der Waals surface area contributed by atoms with Gasteiger partial charge in [-0.15, -0.1) is 0 Å². The van der Waals surface area contributed by atoms with Gasteiger partial charge < -0.3 is 14.8 Å². The molecule has 0 aliphatic rings. The summed E-state index contributed by atoms with van der Waals surface area (Å²) in [6, 6.07) is 0. The van der Waals surface area contributed by atoms with E-state index in [2.05, 4.69) is 14.8 Å². The number of hydrogen-bond donors (Lipinski definition) is 1. The van der Waals surface area contributed by atoms with E-state index in [1.165, 1.54) is 11.4 Å². The van der Waals surface area contributed by atoms with E-state index in [4.69, 9.17) is 0 Å². The Labute approximate surface area is 67.6 Å². The first-order valence-electron chi connectivity index (χ1n) is 3.64. The highest BCUT2D eigenvalue weighted by Crippen LogP contribution is 2.25. The molecular formula is C8H15N3. The maximum absolute atomic E-state index is 3.08. The molecular weight excluding hydrogens is 138 g/mol. The predicted molar refractivity (Wildman–Crippen MR) is 49.4 cm³/mol. The monoisotopic (exact) mass is 153 g/mol. The Bertz CT molecular complexity index is 202. The second-order valence-corrected chi connectivity index (χ2v) is 3.01. The number of rotatable bonds is 2. The summed E-state index contributed by atoms with van der Waals surface area (Å²) in [6.45, 7) is 0. The molecule has 1 aromatic heterocycles. The largest absolute Gasteiger partial charge is 0.375 e. The fraction of sp³-hybridized carbons (Fsp3) is 0.500. The Balaban J connectivity index is 2.96. The Morgan fingerprint density at radius 2 is 1.27 bits per heavy atom. The van der Waals surface area contributed by atoms with Gasteiger partial charge in [0.15, 0.2) is 0 Å². The number of aromatic amines is 1. The lowest BCUT2D eigenvalue weighted by Gasteiger charge is -2.17. The van der Waals surface area contributed by atoms with Gasteiger partial charge in [0.1, 0.15) is 0 Å². The van der Waals surface area contributed by atoms with E-state index in [9.17, 15) is 0 Å². The Kier molecular flexibility index (Phi) is 2.08. The molecule has 1 aromatic rings. The van der Waals surface area contributed by atoms with E-state index < -0.39 is 0 Å². The molecule has 0 aliphatic carbocycles. The van der Waals surface area contributed by atoms with Crippen molar-refractivity contribution in [2.75, 3.05) is 38.0 Å². The summed E-state index contributed by atoms with van der Waals surface area (Å²) in [4.78, 5) is 7.26. The van der Waals surface area contributed by atoms with Crippen molar-refractivity contribution in [1.29, 1.82) is 0 Å². The molecule has 11 heavy (non-hydrogen) atoms. The van der Waals surface area contributed by atoms with Gasteiger partial charge in [0.05, 0.1) is 11.4 Å². The second-order valence-electron chi connectivity index (χ2n) is 3.01. The first-order valence-corrected chi connectivity index (χ1v) is 3.64. The van der Waals surface area contributed by atoms with Gasteiger partial charge in [0.2, 0.25) is 0 Å². The van der Waals surface area contributed by atoms with Crippen molar-refractivity contribution in [2.45, 2.75) is 0 Å². The molecule has 0 aliphatic heterocycles. The van der Waals surface area contributed by atoms with Crippen LogP contribution in [0.4, 0.5) is 11.4 Å². The minimum atomic E-state index is 1.22. The van der Waals surface area contributed by atoms with Crippen LogP contribution in [-0.4, -0.2) is 33.2 Å². The third kappa shape index (κ3) is 1.48. The van der Waals surface area contributed by atoms with Crippen molar-refractivity contribution >= 4 is 11.4 Å². The highest BCUT2D eigenvalue weighted by molar-refractivity contribution is 5.69. The molecule has 0 saturated carbocycles. The van der Waals surface area contributed by atoms with Gasteiger partial charge in [-0.25, -0.2) is 0 Å². The van der Waals surface area contributed by atoms with Gasteiger partial charge in [-0.1, -0.05) is 0 Å². The maximum atomic E-state index is 3.08. The molecule has 1 heterocycles. The van der Waals surface area contributed by atoms with Crippen LogP contribution >= 0.6 is 0 Å². The summed E-state index contributed by atoms with van der Waals surface area (Å²) in [7, 11) is 8.15. The highest BCUT2D eigenvalue weighted by atomic mass is 15.2. The highest BCUT2D eigenvalue weighted by Gasteiger charge is 2.05. The summed E-state index contributed by atoms with van der Waals surface area (Å²) >= 11 is 0. The third-order valence-corrected chi connectivity index (χ3v) is 1.67. The van der Waals surface area contributed by atoms with Crippen LogP contribution in [0.2, 0.25) is 0 Å². The number of aromatic nitrogens is 1. The molecule has 0 aromatic carbocycles. The molecule has 3 nitrogen and oxygen atoms in total. The van der Waals surface area contributed by atoms with Crippen molar-refractivity contribution in [3.8, 4) is 0 Å². The summed E-state index contributed by atoms with van der Waals surface area (Å²) in [5, 5.41) is 0. The average molecular weight is 153 g/mol. The van der Waals surface area contributed by atoms with Gasteiger partial charge in [0, 0.05) is 40.6 Å². The van der Waals surface area contributed by atoms with Crippen molar-refractivity contribution in [2.24, 2.45) is 0 Å². The van der Waals surface area contributed by atoms with E-state index in [0.29, 0.717) is 0 Å². The molecule has 62 valence electrons. The number of anilines is 2. The van der Waals surface area contributed by atoms with E-state index in [1.807, 2.05) is 40.6 Å². The van der Waals surface area contributed by atoms with Gasteiger partial charge in [-0.05, 0) is 0 Å². The van der Waals surface area contributed by atoms with Crippen LogP contribution in [0.3, 0.4) is 0 Å². The molecule has 0 fully saturated rings. The van der Waals surface area contributed by atoms with Crippen molar-refractivity contribution in [1.82, 2.24) is 4.98 Å². The van der Waals surface area contributed by atoms with Crippen LogP contribution < -0.4 is 9.80 Å². The molecule has 0 unspecified atom stereocenters. The first-order chi connectivity index (χ1) is 5.13. The Hall–Kier alpha value is -1.12. The second kappa shape index (κ2) is 2.86. The smallest absolute Gasteiger partial charge is 0.0776 e. The Morgan fingerprint density at radius 1 is 0.909 bits per heavy atom. The van der Waals surface area contributed by atoms with Crippen LogP contribution in [0, 0.1) is 0 Å². The molecule has 3 heteroatoms. The molecule has 0 amide bonds. The topological polar surface area (TPSA) is 22.3 Å². The average Bonchev–Trinajstić information content (AvgIpc) is 2.32. The zero-order chi connectivity index (χ0) is 8.43. The molecule has 0 saturated heterocycles. The van der Waals surface area contributed by atoms with Crippen molar-refractivity contribution < 1.29 is 0 Å². The van der Waals surface area contributed by atoms with Crippen molar-refractivity contribution in [3.05, 3.63) is 12.4 Å². The lowest BCUT2D eigenvalue weighted by molar-refractivity contribution is 1.09. The fourth-order valence-electron chi connectivity index (χ4n) is 1.06. The van der Waals surface area contributed by atoms with Crippen LogP contribution in [0.25, 0.3) is 0 Å². The summed E-state index contributed by atoms with van der Waals surface area (Å²) < 4.78 is 0. The SMILES string of the molecule is CN(C)c1c[nH]cc1N(C)C. The predicted octanol–water partition coefficient (Wildman–Crippen LogP) is 1.15. The zero-order valence-corrected chi connectivity index (χ0v) is 7.55. The fourth-order valence-corrected chi connectivity index (χ4v) is 1.06. The molecule has 0 spiro atoms. The van der Waals surface area contributed by atoms with Gasteiger partial charge in [0.25, 0.3) is 0 Å². The lowest BCUT2D eigenvalue weighted by Crippen LogP contribution is -2.14. The van der Waals surface area contributed by atoms with Gasteiger partial charge in [-0.2, -0.15) is 0 Å². The number of hydrogen-bond acceptors (Lipinski definition) is 2. The van der Waals surface area contributed by atoms with Crippen LogP contribution in [0.5, 0.6) is 0 Å². The summed E-state index contributed by atoms with van der Waals surface area (Å²) in [5.41, 5.74) is 2.44. The molecule has 0 atom stereocenters. The first kappa shape index (κ1) is 7.98. The van der Waals surface area contributed by atoms with Crippen LogP contribution in [0.1, 0.15) is 0 Å². The lowest BCUT2D eigenvalue weighted by atomic mass is 10.4. The summed E-state index contributed by atoms with van der Waals surface area (Å²) in [6.07, 6.45) is 3.99. The van der Waals surface area contributed by atoms with E-state index in [1.54, 1.807) is 0 Å². The standard InChI is InChI=1S/C8H15N3/c1-10(2)7-5-9-6-8(7)11(3)4/h5-6,9H,1-4H3. The third-order valence-electron chi connectivity index (χ3n) is 1.67. The number of H-pyrrole nitrogens is 1.